The molecule has 1 aliphatic heterocycles. The first-order valence-electron chi connectivity index (χ1n) is 9.45. The predicted octanol–water partition coefficient (Wildman–Crippen LogP) is 4.64. The average molecular weight is 389 g/mol. The van der Waals surface area contributed by atoms with Crippen LogP contribution >= 0.6 is 0 Å². The van der Waals surface area contributed by atoms with E-state index < -0.39 is 15.8 Å². The van der Waals surface area contributed by atoms with Crippen LogP contribution in [0.15, 0.2) is 47.4 Å². The molecule has 2 aromatic carbocycles. The lowest BCUT2D eigenvalue weighted by Gasteiger charge is -2.44. The van der Waals surface area contributed by atoms with E-state index in [2.05, 4.69) is 4.72 Å². The van der Waals surface area contributed by atoms with E-state index in [1.807, 2.05) is 24.3 Å². The number of nitrogens with one attached hydrogen (secondary N) is 1. The molecule has 1 aliphatic carbocycles. The predicted molar refractivity (Wildman–Crippen MR) is 102 cm³/mol. The summed E-state index contributed by atoms with van der Waals surface area (Å²) in [6.07, 6.45) is 5.88. The van der Waals surface area contributed by atoms with Crippen LogP contribution in [0.1, 0.15) is 55.7 Å². The van der Waals surface area contributed by atoms with Gasteiger partial charge in [0.15, 0.2) is 0 Å². The van der Waals surface area contributed by atoms with Gasteiger partial charge in [-0.1, -0.05) is 24.6 Å². The lowest BCUT2D eigenvalue weighted by molar-refractivity contribution is 0.0000754. The number of hydrogen-bond acceptors (Lipinski definition) is 3. The number of fused-ring (bicyclic) bond motifs is 1. The summed E-state index contributed by atoms with van der Waals surface area (Å²) in [5.41, 5.74) is 0.949. The number of sulfonamides is 1. The first kappa shape index (κ1) is 18.4. The highest BCUT2D eigenvalue weighted by Crippen LogP contribution is 2.46. The molecule has 4 rings (SSSR count). The Bertz CT molecular complexity index is 952. The van der Waals surface area contributed by atoms with E-state index in [9.17, 15) is 12.8 Å². The van der Waals surface area contributed by atoms with Crippen LogP contribution in [0.3, 0.4) is 0 Å². The molecule has 0 saturated heterocycles. The lowest BCUT2D eigenvalue weighted by Crippen LogP contribution is -2.46. The first-order valence-corrected chi connectivity index (χ1v) is 10.9. The normalized spacial score (nSPS) is 21.5. The third-order valence-corrected chi connectivity index (χ3v) is 7.32. The molecule has 2 aromatic rings. The summed E-state index contributed by atoms with van der Waals surface area (Å²) >= 11 is 0. The van der Waals surface area contributed by atoms with Crippen LogP contribution < -0.4 is 9.46 Å². The minimum Gasteiger partial charge on any atom is -0.487 e. The lowest BCUT2D eigenvalue weighted by atomic mass is 9.77. The van der Waals surface area contributed by atoms with Crippen molar-refractivity contribution in [2.75, 3.05) is 0 Å². The Hall–Kier alpha value is -1.92. The maximum Gasteiger partial charge on any atom is 0.241 e. The smallest absolute Gasteiger partial charge is 0.241 e. The van der Waals surface area contributed by atoms with Gasteiger partial charge in [-0.25, -0.2) is 17.5 Å². The SMILES string of the molecule is Cc1cc(F)ccc1S(=O)(=O)NC1CC2(CCCCC2)Oc2ccccc21. The minimum atomic E-state index is -3.78. The van der Waals surface area contributed by atoms with E-state index >= 15 is 0 Å². The van der Waals surface area contributed by atoms with Gasteiger partial charge in [-0.05, 0) is 62.4 Å². The Balaban J connectivity index is 1.69. The van der Waals surface area contributed by atoms with Gasteiger partial charge in [0.2, 0.25) is 10.0 Å². The average Bonchev–Trinajstić information content (AvgIpc) is 2.61. The number of rotatable bonds is 3. The van der Waals surface area contributed by atoms with E-state index in [1.165, 1.54) is 24.6 Å². The summed E-state index contributed by atoms with van der Waals surface area (Å²) < 4.78 is 48.7. The molecule has 1 heterocycles. The van der Waals surface area contributed by atoms with Crippen molar-refractivity contribution < 1.29 is 17.5 Å². The van der Waals surface area contributed by atoms with Crippen LogP contribution in [0, 0.1) is 12.7 Å². The van der Waals surface area contributed by atoms with Gasteiger partial charge in [-0.3, -0.25) is 0 Å². The van der Waals surface area contributed by atoms with Crippen molar-refractivity contribution >= 4 is 10.0 Å². The Morgan fingerprint density at radius 1 is 1.11 bits per heavy atom. The fraction of sp³-hybridized carbons (Fsp3) is 0.429. The standard InChI is InChI=1S/C21H24FNO3S/c1-15-13-16(22)9-10-20(15)27(24,25)23-18-14-21(11-5-2-6-12-21)26-19-8-4-3-7-17(18)19/h3-4,7-10,13,18,23H,2,5-6,11-12,14H2,1H3. The molecule has 144 valence electrons. The zero-order valence-electron chi connectivity index (χ0n) is 15.4. The molecule has 1 saturated carbocycles. The number of hydrogen-bond donors (Lipinski definition) is 1. The second-order valence-corrected chi connectivity index (χ2v) is 9.35. The van der Waals surface area contributed by atoms with Crippen LogP contribution in [-0.4, -0.2) is 14.0 Å². The fourth-order valence-corrected chi connectivity index (χ4v) is 5.83. The second kappa shape index (κ2) is 6.91. The largest absolute Gasteiger partial charge is 0.487 e. The van der Waals surface area contributed by atoms with Crippen LogP contribution in [0.4, 0.5) is 4.39 Å². The number of benzene rings is 2. The molecule has 4 nitrogen and oxygen atoms in total. The topological polar surface area (TPSA) is 55.4 Å². The van der Waals surface area contributed by atoms with E-state index in [0.29, 0.717) is 12.0 Å². The summed E-state index contributed by atoms with van der Waals surface area (Å²) in [5.74, 6) is 0.318. The Kier molecular flexibility index (Phi) is 4.72. The minimum absolute atomic E-state index is 0.116. The molecule has 6 heteroatoms. The zero-order valence-corrected chi connectivity index (χ0v) is 16.2. The molecule has 0 bridgehead atoms. The molecule has 1 fully saturated rings. The van der Waals surface area contributed by atoms with Crippen molar-refractivity contribution in [1.82, 2.24) is 4.72 Å². The summed E-state index contributed by atoms with van der Waals surface area (Å²) in [7, 11) is -3.78. The van der Waals surface area contributed by atoms with Crippen LogP contribution in [0.5, 0.6) is 5.75 Å². The third-order valence-electron chi connectivity index (χ3n) is 5.69. The summed E-state index contributed by atoms with van der Waals surface area (Å²) in [6.45, 7) is 1.61. The molecule has 0 aromatic heterocycles. The van der Waals surface area contributed by atoms with Gasteiger partial charge in [-0.2, -0.15) is 0 Å². The highest BCUT2D eigenvalue weighted by atomic mass is 32.2. The van der Waals surface area contributed by atoms with Crippen molar-refractivity contribution in [2.45, 2.75) is 62.0 Å². The van der Waals surface area contributed by atoms with E-state index in [-0.39, 0.29) is 16.5 Å². The maximum absolute atomic E-state index is 13.4. The fourth-order valence-electron chi connectivity index (χ4n) is 4.39. The zero-order chi connectivity index (χ0) is 19.1. The molecule has 0 radical (unpaired) electrons. The number of aryl methyl sites for hydroxylation is 1. The molecule has 1 atom stereocenters. The van der Waals surface area contributed by atoms with Crippen molar-refractivity contribution in [2.24, 2.45) is 0 Å². The maximum atomic E-state index is 13.4. The van der Waals surface area contributed by atoms with Gasteiger partial charge >= 0.3 is 0 Å². The van der Waals surface area contributed by atoms with Gasteiger partial charge in [0, 0.05) is 12.0 Å². The summed E-state index contributed by atoms with van der Waals surface area (Å²) in [6, 6.07) is 11.0. The Labute approximate surface area is 159 Å². The van der Waals surface area contributed by atoms with Crippen molar-refractivity contribution in [1.29, 1.82) is 0 Å². The summed E-state index contributed by atoms with van der Waals surface area (Å²) in [4.78, 5) is 0.116. The van der Waals surface area contributed by atoms with Gasteiger partial charge in [0.05, 0.1) is 10.9 Å². The molecular formula is C21H24FNO3S. The first-order chi connectivity index (χ1) is 12.9. The molecule has 27 heavy (non-hydrogen) atoms. The van der Waals surface area contributed by atoms with Gasteiger partial charge in [0.1, 0.15) is 17.2 Å². The van der Waals surface area contributed by atoms with Crippen LogP contribution in [-0.2, 0) is 10.0 Å². The Morgan fingerprint density at radius 2 is 1.85 bits per heavy atom. The third kappa shape index (κ3) is 3.60. The van der Waals surface area contributed by atoms with Gasteiger partial charge in [-0.15, -0.1) is 0 Å². The van der Waals surface area contributed by atoms with Gasteiger partial charge in [0.25, 0.3) is 0 Å². The van der Waals surface area contributed by atoms with Crippen molar-refractivity contribution in [3.05, 3.63) is 59.4 Å². The number of halogens is 1. The number of para-hydroxylation sites is 1. The Morgan fingerprint density at radius 3 is 2.59 bits per heavy atom. The highest BCUT2D eigenvalue weighted by Gasteiger charge is 2.43. The number of ether oxygens (including phenoxy) is 1. The van der Waals surface area contributed by atoms with Crippen LogP contribution in [0.2, 0.25) is 0 Å². The van der Waals surface area contributed by atoms with E-state index in [1.54, 1.807) is 6.92 Å². The van der Waals surface area contributed by atoms with Crippen molar-refractivity contribution in [3.63, 3.8) is 0 Å². The van der Waals surface area contributed by atoms with Crippen LogP contribution in [0.25, 0.3) is 0 Å². The van der Waals surface area contributed by atoms with E-state index in [0.717, 1.165) is 37.0 Å². The quantitative estimate of drug-likeness (QED) is 0.832. The monoisotopic (exact) mass is 389 g/mol. The van der Waals surface area contributed by atoms with Crippen molar-refractivity contribution in [3.8, 4) is 5.75 Å². The molecular weight excluding hydrogens is 365 g/mol. The molecule has 0 amide bonds. The molecule has 1 spiro atoms. The molecule has 1 unspecified atom stereocenters. The molecule has 1 N–H and O–H groups in total. The highest BCUT2D eigenvalue weighted by molar-refractivity contribution is 7.89. The second-order valence-electron chi connectivity index (χ2n) is 7.67. The van der Waals surface area contributed by atoms with Gasteiger partial charge < -0.3 is 4.74 Å². The summed E-state index contributed by atoms with van der Waals surface area (Å²) in [5, 5.41) is 0. The van der Waals surface area contributed by atoms with E-state index in [4.69, 9.17) is 4.74 Å². The molecule has 2 aliphatic rings.